The van der Waals surface area contributed by atoms with Gasteiger partial charge in [0.1, 0.15) is 5.69 Å². The Hall–Kier alpha value is -1.25. The number of hydrogen-bond acceptors (Lipinski definition) is 1. The van der Waals surface area contributed by atoms with Crippen LogP contribution >= 0.6 is 0 Å². The molecule has 0 atom stereocenters. The maximum atomic E-state index is 10.7. The van der Waals surface area contributed by atoms with Crippen molar-refractivity contribution in [2.75, 3.05) is 0 Å². The van der Waals surface area contributed by atoms with Crippen LogP contribution in [0, 0.1) is 6.92 Å². The summed E-state index contributed by atoms with van der Waals surface area (Å²) < 4.78 is 0. The third-order valence-electron chi connectivity index (χ3n) is 2.04. The summed E-state index contributed by atoms with van der Waals surface area (Å²) in [5, 5.41) is 8.81. The van der Waals surface area contributed by atoms with Gasteiger partial charge in [0.25, 0.3) is 0 Å². The molecule has 0 fully saturated rings. The Balaban J connectivity index is 3.17. The topological polar surface area (TPSA) is 53.1 Å². The van der Waals surface area contributed by atoms with Gasteiger partial charge in [0.2, 0.25) is 0 Å². The van der Waals surface area contributed by atoms with Crippen LogP contribution in [0.4, 0.5) is 0 Å². The Morgan fingerprint density at radius 2 is 2.00 bits per heavy atom. The Labute approximate surface area is 77.8 Å². The highest BCUT2D eigenvalue weighted by Gasteiger charge is 2.19. The van der Waals surface area contributed by atoms with Crippen molar-refractivity contribution >= 4 is 5.97 Å². The molecule has 1 aromatic rings. The van der Waals surface area contributed by atoms with Gasteiger partial charge >= 0.3 is 5.97 Å². The number of rotatable bonds is 1. The number of carbonyl (C=O) groups is 1. The van der Waals surface area contributed by atoms with Crippen LogP contribution < -0.4 is 0 Å². The molecule has 13 heavy (non-hydrogen) atoms. The van der Waals surface area contributed by atoms with E-state index in [-0.39, 0.29) is 5.41 Å². The molecule has 72 valence electrons. The molecule has 1 heterocycles. The van der Waals surface area contributed by atoms with Gasteiger partial charge in [-0.15, -0.1) is 0 Å². The average Bonchev–Trinajstić information content (AvgIpc) is 2.29. The van der Waals surface area contributed by atoms with E-state index in [9.17, 15) is 4.79 Å². The number of hydrogen-bond donors (Lipinski definition) is 2. The number of aromatic carboxylic acids is 1. The maximum absolute atomic E-state index is 10.7. The van der Waals surface area contributed by atoms with Gasteiger partial charge in [0.15, 0.2) is 0 Å². The molecule has 3 nitrogen and oxygen atoms in total. The summed E-state index contributed by atoms with van der Waals surface area (Å²) in [5.74, 6) is -0.895. The number of aromatic amines is 1. The smallest absolute Gasteiger partial charge is 0.352 e. The molecule has 0 saturated carbocycles. The van der Waals surface area contributed by atoms with Crippen molar-refractivity contribution in [2.45, 2.75) is 33.1 Å². The van der Waals surface area contributed by atoms with E-state index in [4.69, 9.17) is 5.11 Å². The van der Waals surface area contributed by atoms with E-state index in [1.165, 1.54) is 0 Å². The zero-order chi connectivity index (χ0) is 10.2. The van der Waals surface area contributed by atoms with E-state index < -0.39 is 5.97 Å². The Kier molecular flexibility index (Phi) is 2.20. The zero-order valence-electron chi connectivity index (χ0n) is 8.43. The van der Waals surface area contributed by atoms with Crippen LogP contribution in [0.15, 0.2) is 6.07 Å². The minimum absolute atomic E-state index is 0.0293. The molecule has 1 rings (SSSR count). The minimum Gasteiger partial charge on any atom is -0.477 e. The minimum atomic E-state index is -0.895. The van der Waals surface area contributed by atoms with E-state index in [0.717, 1.165) is 11.3 Å². The van der Waals surface area contributed by atoms with Gasteiger partial charge < -0.3 is 10.1 Å². The molecule has 0 radical (unpaired) electrons. The summed E-state index contributed by atoms with van der Waals surface area (Å²) in [6.45, 7) is 7.94. The fourth-order valence-electron chi connectivity index (χ4n) is 1.18. The largest absolute Gasteiger partial charge is 0.477 e. The van der Waals surface area contributed by atoms with Crippen LogP contribution in [-0.2, 0) is 5.41 Å². The van der Waals surface area contributed by atoms with Crippen molar-refractivity contribution in [3.05, 3.63) is 23.0 Å². The number of carboxylic acids is 1. The van der Waals surface area contributed by atoms with Gasteiger partial charge in [-0.2, -0.15) is 0 Å². The SMILES string of the molecule is Cc1cc(C(C)(C)C)[nH]c1C(=O)O. The van der Waals surface area contributed by atoms with Crippen molar-refractivity contribution in [1.82, 2.24) is 4.98 Å². The molecule has 0 spiro atoms. The molecular weight excluding hydrogens is 166 g/mol. The fourth-order valence-corrected chi connectivity index (χ4v) is 1.18. The van der Waals surface area contributed by atoms with Gasteiger partial charge in [0.05, 0.1) is 0 Å². The van der Waals surface area contributed by atoms with Crippen molar-refractivity contribution < 1.29 is 9.90 Å². The molecule has 0 aliphatic heterocycles. The molecule has 0 aliphatic carbocycles. The second kappa shape index (κ2) is 2.91. The highest BCUT2D eigenvalue weighted by Crippen LogP contribution is 2.23. The van der Waals surface area contributed by atoms with Gasteiger partial charge in [-0.05, 0) is 18.6 Å². The Bertz CT molecular complexity index is 331. The third-order valence-corrected chi connectivity index (χ3v) is 2.04. The van der Waals surface area contributed by atoms with E-state index in [2.05, 4.69) is 4.98 Å². The quantitative estimate of drug-likeness (QED) is 0.698. The van der Waals surface area contributed by atoms with Crippen LogP contribution in [0.25, 0.3) is 0 Å². The fraction of sp³-hybridized carbons (Fsp3) is 0.500. The highest BCUT2D eigenvalue weighted by molar-refractivity contribution is 5.87. The van der Waals surface area contributed by atoms with E-state index in [1.54, 1.807) is 6.92 Å². The zero-order valence-corrected chi connectivity index (χ0v) is 8.43. The monoisotopic (exact) mass is 181 g/mol. The molecule has 0 aromatic carbocycles. The van der Waals surface area contributed by atoms with Crippen LogP contribution in [-0.4, -0.2) is 16.1 Å². The molecule has 0 aliphatic rings. The number of aromatic nitrogens is 1. The van der Waals surface area contributed by atoms with Crippen molar-refractivity contribution in [3.8, 4) is 0 Å². The van der Waals surface area contributed by atoms with Crippen molar-refractivity contribution in [2.24, 2.45) is 0 Å². The lowest BCUT2D eigenvalue weighted by Gasteiger charge is -2.15. The van der Waals surface area contributed by atoms with E-state index in [1.807, 2.05) is 26.8 Å². The first-order chi connectivity index (χ1) is 5.82. The maximum Gasteiger partial charge on any atom is 0.352 e. The summed E-state index contributed by atoms with van der Waals surface area (Å²) in [5.41, 5.74) is 2.02. The van der Waals surface area contributed by atoms with Crippen LogP contribution in [0.5, 0.6) is 0 Å². The molecule has 0 amide bonds. The van der Waals surface area contributed by atoms with Gasteiger partial charge in [-0.25, -0.2) is 4.79 Å². The second-order valence-electron chi connectivity index (χ2n) is 4.30. The molecule has 0 unspecified atom stereocenters. The molecular formula is C10H15NO2. The van der Waals surface area contributed by atoms with Gasteiger partial charge in [-0.3, -0.25) is 0 Å². The summed E-state index contributed by atoms with van der Waals surface area (Å²) in [6, 6.07) is 1.89. The summed E-state index contributed by atoms with van der Waals surface area (Å²) >= 11 is 0. The van der Waals surface area contributed by atoms with Crippen LogP contribution in [0.2, 0.25) is 0 Å². The van der Waals surface area contributed by atoms with E-state index in [0.29, 0.717) is 5.69 Å². The van der Waals surface area contributed by atoms with Gasteiger partial charge in [0, 0.05) is 11.1 Å². The third kappa shape index (κ3) is 1.91. The molecule has 3 heteroatoms. The summed E-state index contributed by atoms with van der Waals surface area (Å²) in [6.07, 6.45) is 0. The van der Waals surface area contributed by atoms with Crippen molar-refractivity contribution in [1.29, 1.82) is 0 Å². The summed E-state index contributed by atoms with van der Waals surface area (Å²) in [7, 11) is 0. The van der Waals surface area contributed by atoms with Gasteiger partial charge in [-0.1, -0.05) is 20.8 Å². The highest BCUT2D eigenvalue weighted by atomic mass is 16.4. The standard InChI is InChI=1S/C10H15NO2/c1-6-5-7(10(2,3)4)11-8(6)9(12)13/h5,11H,1-4H3,(H,12,13). The number of aryl methyl sites for hydroxylation is 1. The molecule has 2 N–H and O–H groups in total. The lowest BCUT2D eigenvalue weighted by Crippen LogP contribution is -2.12. The number of H-pyrrole nitrogens is 1. The number of carboxylic acid groups (broad SMARTS) is 1. The lowest BCUT2D eigenvalue weighted by molar-refractivity contribution is 0.0690. The molecule has 1 aromatic heterocycles. The first-order valence-corrected chi connectivity index (χ1v) is 4.26. The predicted molar refractivity (Wildman–Crippen MR) is 51.2 cm³/mol. The average molecular weight is 181 g/mol. The molecule has 0 saturated heterocycles. The number of nitrogens with one attached hydrogen (secondary N) is 1. The van der Waals surface area contributed by atoms with Crippen LogP contribution in [0.3, 0.4) is 0 Å². The Morgan fingerprint density at radius 1 is 1.46 bits per heavy atom. The van der Waals surface area contributed by atoms with E-state index >= 15 is 0 Å². The van der Waals surface area contributed by atoms with Crippen LogP contribution in [0.1, 0.15) is 42.5 Å². The van der Waals surface area contributed by atoms with Crippen molar-refractivity contribution in [3.63, 3.8) is 0 Å². The second-order valence-corrected chi connectivity index (χ2v) is 4.30. The predicted octanol–water partition coefficient (Wildman–Crippen LogP) is 2.32. The molecule has 0 bridgehead atoms. The first-order valence-electron chi connectivity index (χ1n) is 4.26. The Morgan fingerprint density at radius 3 is 2.23 bits per heavy atom. The lowest BCUT2D eigenvalue weighted by atomic mass is 9.92. The summed E-state index contributed by atoms with van der Waals surface area (Å²) in [4.78, 5) is 13.7. The normalized spacial score (nSPS) is 11.7. The first kappa shape index (κ1) is 9.84.